The number of carbonyl (C=O) groups is 2. The van der Waals surface area contributed by atoms with Crippen molar-refractivity contribution in [3.05, 3.63) is 30.1 Å². The van der Waals surface area contributed by atoms with Crippen LogP contribution in [0.25, 0.3) is 0 Å². The monoisotopic (exact) mass is 253 g/mol. The molecule has 1 aromatic rings. The molecule has 18 heavy (non-hydrogen) atoms. The zero-order valence-electron chi connectivity index (χ0n) is 9.91. The van der Waals surface area contributed by atoms with Crippen LogP contribution in [0.5, 0.6) is 0 Å². The van der Waals surface area contributed by atoms with Crippen molar-refractivity contribution in [1.29, 1.82) is 0 Å². The fraction of sp³-hybridized carbons (Fsp3) is 0.364. The minimum atomic E-state index is -1.60. The summed E-state index contributed by atoms with van der Waals surface area (Å²) < 4.78 is 0. The van der Waals surface area contributed by atoms with Gasteiger partial charge in [0.05, 0.1) is 6.54 Å². The molecule has 0 aliphatic carbocycles. The summed E-state index contributed by atoms with van der Waals surface area (Å²) in [7, 11) is 1.56. The van der Waals surface area contributed by atoms with E-state index in [0.717, 1.165) is 5.56 Å². The first-order valence-corrected chi connectivity index (χ1v) is 5.29. The average Bonchev–Trinajstić information content (AvgIpc) is 2.36. The fourth-order valence-corrected chi connectivity index (χ4v) is 1.24. The van der Waals surface area contributed by atoms with Gasteiger partial charge < -0.3 is 20.4 Å². The van der Waals surface area contributed by atoms with E-state index in [0.29, 0.717) is 6.54 Å². The molecule has 98 valence electrons. The molecule has 7 heteroatoms. The van der Waals surface area contributed by atoms with E-state index >= 15 is 0 Å². The Morgan fingerprint density at radius 2 is 2.28 bits per heavy atom. The number of carboxylic acid groups (broad SMARTS) is 1. The Labute approximate surface area is 104 Å². The normalized spacial score (nSPS) is 11.7. The molecule has 0 aromatic carbocycles. The molecule has 0 fully saturated rings. The lowest BCUT2D eigenvalue weighted by atomic mass is 10.3. The number of aliphatic carboxylic acids is 1. The van der Waals surface area contributed by atoms with Crippen molar-refractivity contribution < 1.29 is 19.8 Å². The molecule has 0 saturated heterocycles. The second-order valence-corrected chi connectivity index (χ2v) is 3.76. The van der Waals surface area contributed by atoms with Crippen molar-refractivity contribution in [1.82, 2.24) is 15.2 Å². The SMILES string of the molecule is CN(Cc1cccnc1)C(=O)NC[C@H](O)C(=O)O. The molecule has 1 aromatic heterocycles. The number of aromatic nitrogens is 1. The van der Waals surface area contributed by atoms with Crippen LogP contribution >= 0.6 is 0 Å². The van der Waals surface area contributed by atoms with Gasteiger partial charge in [-0.1, -0.05) is 6.07 Å². The zero-order chi connectivity index (χ0) is 13.5. The van der Waals surface area contributed by atoms with E-state index < -0.39 is 18.1 Å². The Balaban J connectivity index is 2.40. The van der Waals surface area contributed by atoms with Crippen molar-refractivity contribution in [3.63, 3.8) is 0 Å². The van der Waals surface area contributed by atoms with E-state index in [1.807, 2.05) is 6.07 Å². The van der Waals surface area contributed by atoms with E-state index in [-0.39, 0.29) is 6.54 Å². The molecule has 3 N–H and O–H groups in total. The minimum absolute atomic E-state index is 0.328. The van der Waals surface area contributed by atoms with Crippen LogP contribution in [0.4, 0.5) is 4.79 Å². The number of carboxylic acids is 1. The highest BCUT2D eigenvalue weighted by Crippen LogP contribution is 2.00. The Hall–Kier alpha value is -2.15. The van der Waals surface area contributed by atoms with Crippen LogP contribution in [0.3, 0.4) is 0 Å². The standard InChI is InChI=1S/C11H15N3O4/c1-14(7-8-3-2-4-12-5-8)11(18)13-6-9(15)10(16)17/h2-5,9,15H,6-7H2,1H3,(H,13,18)(H,16,17)/t9-/m0/s1. The number of rotatable bonds is 5. The molecule has 1 heterocycles. The first kappa shape index (κ1) is 13.9. The number of nitrogens with one attached hydrogen (secondary N) is 1. The Kier molecular flexibility index (Phi) is 5.06. The van der Waals surface area contributed by atoms with Crippen LogP contribution in [0.1, 0.15) is 5.56 Å². The molecule has 0 spiro atoms. The zero-order valence-corrected chi connectivity index (χ0v) is 9.91. The van der Waals surface area contributed by atoms with Crippen molar-refractivity contribution in [3.8, 4) is 0 Å². The van der Waals surface area contributed by atoms with Crippen LogP contribution in [0, 0.1) is 0 Å². The second kappa shape index (κ2) is 6.55. The Morgan fingerprint density at radius 3 is 2.83 bits per heavy atom. The summed E-state index contributed by atoms with van der Waals surface area (Å²) in [6.45, 7) is 0.0222. The highest BCUT2D eigenvalue weighted by atomic mass is 16.4. The Bertz CT molecular complexity index is 410. The van der Waals surface area contributed by atoms with Gasteiger partial charge in [-0.25, -0.2) is 9.59 Å². The number of nitrogens with zero attached hydrogens (tertiary/aromatic N) is 2. The number of pyridine rings is 1. The van der Waals surface area contributed by atoms with E-state index in [4.69, 9.17) is 10.2 Å². The van der Waals surface area contributed by atoms with Gasteiger partial charge in [-0.15, -0.1) is 0 Å². The van der Waals surface area contributed by atoms with Crippen molar-refractivity contribution in [2.75, 3.05) is 13.6 Å². The second-order valence-electron chi connectivity index (χ2n) is 3.76. The van der Waals surface area contributed by atoms with Crippen LogP contribution in [0.2, 0.25) is 0 Å². The highest BCUT2D eigenvalue weighted by Gasteiger charge is 2.15. The van der Waals surface area contributed by atoms with Gasteiger partial charge >= 0.3 is 12.0 Å². The summed E-state index contributed by atoms with van der Waals surface area (Å²) in [5.41, 5.74) is 0.855. The minimum Gasteiger partial charge on any atom is -0.479 e. The van der Waals surface area contributed by atoms with Crippen molar-refractivity contribution in [2.45, 2.75) is 12.6 Å². The lowest BCUT2D eigenvalue weighted by molar-refractivity contribution is -0.146. The van der Waals surface area contributed by atoms with E-state index in [1.165, 1.54) is 4.90 Å². The van der Waals surface area contributed by atoms with Gasteiger partial charge in [0.2, 0.25) is 0 Å². The molecule has 7 nitrogen and oxygen atoms in total. The van der Waals surface area contributed by atoms with Gasteiger partial charge in [-0.05, 0) is 11.6 Å². The average molecular weight is 253 g/mol. The molecule has 0 unspecified atom stereocenters. The van der Waals surface area contributed by atoms with E-state index in [2.05, 4.69) is 10.3 Å². The summed E-state index contributed by atoms with van der Waals surface area (Å²) in [6.07, 6.45) is 1.67. The molecule has 0 radical (unpaired) electrons. The molecular formula is C11H15N3O4. The molecule has 0 aliphatic rings. The van der Waals surface area contributed by atoms with E-state index in [1.54, 1.807) is 25.5 Å². The summed E-state index contributed by atoms with van der Waals surface area (Å²) in [5, 5.41) is 19.8. The smallest absolute Gasteiger partial charge is 0.334 e. The number of amides is 2. The first-order chi connectivity index (χ1) is 8.50. The molecule has 1 atom stereocenters. The highest BCUT2D eigenvalue weighted by molar-refractivity contribution is 5.76. The van der Waals surface area contributed by atoms with Gasteiger partial charge in [0.15, 0.2) is 6.10 Å². The summed E-state index contributed by atoms with van der Waals surface area (Å²) in [5.74, 6) is -1.37. The van der Waals surface area contributed by atoms with Gasteiger partial charge in [-0.2, -0.15) is 0 Å². The Morgan fingerprint density at radius 1 is 1.56 bits per heavy atom. The number of carbonyl (C=O) groups excluding carboxylic acids is 1. The van der Waals surface area contributed by atoms with Crippen molar-refractivity contribution >= 4 is 12.0 Å². The predicted molar refractivity (Wildman–Crippen MR) is 62.7 cm³/mol. The van der Waals surface area contributed by atoms with Crippen LogP contribution in [-0.2, 0) is 11.3 Å². The number of hydrogen-bond donors (Lipinski definition) is 3. The molecule has 0 aliphatic heterocycles. The third-order valence-electron chi connectivity index (χ3n) is 2.22. The topological polar surface area (TPSA) is 103 Å². The fourth-order valence-electron chi connectivity index (χ4n) is 1.24. The maximum absolute atomic E-state index is 11.6. The van der Waals surface area contributed by atoms with E-state index in [9.17, 15) is 9.59 Å². The first-order valence-electron chi connectivity index (χ1n) is 5.29. The van der Waals surface area contributed by atoms with Gasteiger partial charge in [-0.3, -0.25) is 4.98 Å². The van der Waals surface area contributed by atoms with Gasteiger partial charge in [0.1, 0.15) is 0 Å². The number of hydrogen-bond acceptors (Lipinski definition) is 4. The quantitative estimate of drug-likeness (QED) is 0.666. The molecule has 1 rings (SSSR count). The van der Waals surface area contributed by atoms with Crippen LogP contribution in [-0.4, -0.2) is 51.8 Å². The third-order valence-corrected chi connectivity index (χ3v) is 2.22. The third kappa shape index (κ3) is 4.38. The summed E-state index contributed by atoms with van der Waals surface area (Å²) in [4.78, 5) is 27.2. The lowest BCUT2D eigenvalue weighted by Gasteiger charge is -2.18. The lowest BCUT2D eigenvalue weighted by Crippen LogP contribution is -2.42. The largest absolute Gasteiger partial charge is 0.479 e. The summed E-state index contributed by atoms with van der Waals surface area (Å²) in [6, 6.07) is 3.12. The van der Waals surface area contributed by atoms with Gasteiger partial charge in [0, 0.05) is 26.0 Å². The molecular weight excluding hydrogens is 238 g/mol. The molecule has 0 bridgehead atoms. The maximum Gasteiger partial charge on any atom is 0.334 e. The summed E-state index contributed by atoms with van der Waals surface area (Å²) >= 11 is 0. The van der Waals surface area contributed by atoms with Crippen molar-refractivity contribution in [2.24, 2.45) is 0 Å². The number of aliphatic hydroxyl groups excluding tert-OH is 1. The number of aliphatic hydroxyl groups is 1. The van der Waals surface area contributed by atoms with Gasteiger partial charge in [0.25, 0.3) is 0 Å². The predicted octanol–water partition coefficient (Wildman–Crippen LogP) is -0.332. The van der Waals surface area contributed by atoms with Crippen LogP contribution in [0.15, 0.2) is 24.5 Å². The molecule has 0 saturated carbocycles. The molecule has 2 amide bonds. The number of urea groups is 1. The van der Waals surface area contributed by atoms with Crippen LogP contribution < -0.4 is 5.32 Å². The maximum atomic E-state index is 11.6.